The number of carbonyl (C=O) groups excluding carboxylic acids is 1. The minimum Gasteiger partial charge on any atom is -0.363 e. The molecule has 1 aromatic heterocycles. The number of nitrogens with zero attached hydrogens (tertiary/aromatic N) is 2. The summed E-state index contributed by atoms with van der Waals surface area (Å²) in [5.74, 6) is 1.07. The fourth-order valence-corrected chi connectivity index (χ4v) is 5.10. The van der Waals surface area contributed by atoms with Crippen molar-refractivity contribution < 1.29 is 4.79 Å². The van der Waals surface area contributed by atoms with E-state index >= 15 is 0 Å². The molecule has 148 valence electrons. The van der Waals surface area contributed by atoms with Gasteiger partial charge in [-0.1, -0.05) is 24.3 Å². The molecule has 3 atom stereocenters. The van der Waals surface area contributed by atoms with Gasteiger partial charge in [-0.05, 0) is 37.8 Å². The molecule has 1 amide bonds. The lowest BCUT2D eigenvalue weighted by molar-refractivity contribution is -0.130. The zero-order valence-electron chi connectivity index (χ0n) is 17.2. The predicted octanol–water partition coefficient (Wildman–Crippen LogP) is 2.95. The third-order valence-electron chi connectivity index (χ3n) is 6.65. The van der Waals surface area contributed by atoms with Crippen LogP contribution in [0.25, 0.3) is 0 Å². The second-order valence-electron chi connectivity index (χ2n) is 8.50. The van der Waals surface area contributed by atoms with Crippen LogP contribution in [-0.2, 0) is 11.3 Å². The lowest BCUT2D eigenvalue weighted by atomic mass is 9.87. The molecule has 2 fully saturated rings. The average molecular weight is 380 g/mol. The third-order valence-corrected chi connectivity index (χ3v) is 6.65. The number of H-pyrrole nitrogens is 1. The van der Waals surface area contributed by atoms with Crippen molar-refractivity contribution in [2.45, 2.75) is 40.3 Å². The molecule has 0 spiro atoms. The highest BCUT2D eigenvalue weighted by atomic mass is 16.2. The van der Waals surface area contributed by atoms with Gasteiger partial charge in [-0.25, -0.2) is 0 Å². The lowest BCUT2D eigenvalue weighted by Crippen LogP contribution is -2.34. The number of aromatic nitrogens is 1. The molecule has 5 heteroatoms. The average Bonchev–Trinajstić information content (AvgIpc) is 3.20. The summed E-state index contributed by atoms with van der Waals surface area (Å²) >= 11 is 0. The number of amides is 1. The van der Waals surface area contributed by atoms with E-state index in [2.05, 4.69) is 46.0 Å². The first-order valence-corrected chi connectivity index (χ1v) is 10.1. The van der Waals surface area contributed by atoms with Gasteiger partial charge in [-0.3, -0.25) is 14.5 Å². The van der Waals surface area contributed by atoms with Gasteiger partial charge in [-0.2, -0.15) is 0 Å². The SMILES string of the molecule is CC(=O)N1C[C@H]2CN(Cc3[nH]cc(C)c(=O)c3C)C[C@H]2[C@H]1c1ccccc1C. The number of hydrogen-bond donors (Lipinski definition) is 1. The summed E-state index contributed by atoms with van der Waals surface area (Å²) in [6.07, 6.45) is 1.81. The molecule has 28 heavy (non-hydrogen) atoms. The highest BCUT2D eigenvalue weighted by Crippen LogP contribution is 2.46. The van der Waals surface area contributed by atoms with Crippen LogP contribution in [0, 0.1) is 32.6 Å². The Labute approximate surface area is 166 Å². The van der Waals surface area contributed by atoms with Gasteiger partial charge in [0.1, 0.15) is 0 Å². The second kappa shape index (κ2) is 7.21. The molecular formula is C23H29N3O2. The number of fused-ring (bicyclic) bond motifs is 1. The van der Waals surface area contributed by atoms with Crippen LogP contribution < -0.4 is 5.43 Å². The maximum Gasteiger partial charge on any atom is 0.219 e. The molecule has 5 nitrogen and oxygen atoms in total. The first kappa shape index (κ1) is 18.9. The van der Waals surface area contributed by atoms with Gasteiger partial charge in [0.25, 0.3) is 0 Å². The van der Waals surface area contributed by atoms with Gasteiger partial charge in [0.15, 0.2) is 5.43 Å². The summed E-state index contributed by atoms with van der Waals surface area (Å²) in [6.45, 7) is 11.1. The minimum absolute atomic E-state index is 0.133. The van der Waals surface area contributed by atoms with Crippen molar-refractivity contribution in [2.75, 3.05) is 19.6 Å². The van der Waals surface area contributed by atoms with Gasteiger partial charge >= 0.3 is 0 Å². The molecule has 1 aromatic carbocycles. The van der Waals surface area contributed by atoms with Crippen LogP contribution >= 0.6 is 0 Å². The van der Waals surface area contributed by atoms with Gasteiger partial charge < -0.3 is 9.88 Å². The number of nitrogens with one attached hydrogen (secondary N) is 1. The molecule has 1 N–H and O–H groups in total. The summed E-state index contributed by atoms with van der Waals surface area (Å²) in [5.41, 5.74) is 5.23. The van der Waals surface area contributed by atoms with Crippen LogP contribution in [0.2, 0.25) is 0 Å². The first-order chi connectivity index (χ1) is 13.4. The van der Waals surface area contributed by atoms with Crippen molar-refractivity contribution in [1.82, 2.24) is 14.8 Å². The van der Waals surface area contributed by atoms with E-state index in [1.165, 1.54) is 11.1 Å². The molecule has 0 saturated carbocycles. The summed E-state index contributed by atoms with van der Waals surface area (Å²) in [5, 5.41) is 0. The van der Waals surface area contributed by atoms with E-state index in [1.807, 2.05) is 20.0 Å². The fourth-order valence-electron chi connectivity index (χ4n) is 5.10. The van der Waals surface area contributed by atoms with E-state index in [9.17, 15) is 9.59 Å². The molecule has 0 bridgehead atoms. The number of carbonyl (C=O) groups is 1. The summed E-state index contributed by atoms with van der Waals surface area (Å²) in [7, 11) is 0. The van der Waals surface area contributed by atoms with Crippen molar-refractivity contribution in [3.05, 3.63) is 68.6 Å². The minimum atomic E-state index is 0.133. The van der Waals surface area contributed by atoms with Gasteiger partial charge in [-0.15, -0.1) is 0 Å². The molecule has 0 radical (unpaired) electrons. The van der Waals surface area contributed by atoms with Gasteiger partial charge in [0, 0.05) is 62.0 Å². The maximum atomic E-state index is 12.3. The number of likely N-dealkylation sites (tertiary alicyclic amines) is 2. The lowest BCUT2D eigenvalue weighted by Gasteiger charge is -2.30. The first-order valence-electron chi connectivity index (χ1n) is 10.1. The van der Waals surface area contributed by atoms with E-state index in [-0.39, 0.29) is 17.4 Å². The molecule has 4 rings (SSSR count). The van der Waals surface area contributed by atoms with Crippen LogP contribution in [0.4, 0.5) is 0 Å². The van der Waals surface area contributed by atoms with Crippen LogP contribution in [0.15, 0.2) is 35.3 Å². The van der Waals surface area contributed by atoms with Crippen molar-refractivity contribution in [3.63, 3.8) is 0 Å². The number of benzene rings is 1. The van der Waals surface area contributed by atoms with Crippen LogP contribution in [0.5, 0.6) is 0 Å². The summed E-state index contributed by atoms with van der Waals surface area (Å²) < 4.78 is 0. The zero-order chi connectivity index (χ0) is 20.0. The van der Waals surface area contributed by atoms with E-state index in [0.29, 0.717) is 11.8 Å². The predicted molar refractivity (Wildman–Crippen MR) is 110 cm³/mol. The van der Waals surface area contributed by atoms with Gasteiger partial charge in [0.05, 0.1) is 6.04 Å². The van der Waals surface area contributed by atoms with Crippen molar-refractivity contribution in [2.24, 2.45) is 11.8 Å². The van der Waals surface area contributed by atoms with Gasteiger partial charge in [0.2, 0.25) is 5.91 Å². The Morgan fingerprint density at radius 1 is 1.11 bits per heavy atom. The molecule has 2 aliphatic rings. The molecule has 2 aromatic rings. The molecular weight excluding hydrogens is 350 g/mol. The highest BCUT2D eigenvalue weighted by molar-refractivity contribution is 5.74. The quantitative estimate of drug-likeness (QED) is 0.892. The Morgan fingerprint density at radius 3 is 2.57 bits per heavy atom. The second-order valence-corrected chi connectivity index (χ2v) is 8.50. The summed E-state index contributed by atoms with van der Waals surface area (Å²) in [4.78, 5) is 32.4. The fraction of sp³-hybridized carbons (Fsp3) is 0.478. The van der Waals surface area contributed by atoms with Crippen molar-refractivity contribution in [3.8, 4) is 0 Å². The molecule has 0 aliphatic carbocycles. The molecule has 2 saturated heterocycles. The zero-order valence-corrected chi connectivity index (χ0v) is 17.2. The van der Waals surface area contributed by atoms with Crippen LogP contribution in [0.1, 0.15) is 40.9 Å². The number of pyridine rings is 1. The maximum absolute atomic E-state index is 12.3. The number of hydrogen-bond acceptors (Lipinski definition) is 3. The number of rotatable bonds is 3. The number of aromatic amines is 1. The molecule has 3 heterocycles. The van der Waals surface area contributed by atoms with Crippen LogP contribution in [0.3, 0.4) is 0 Å². The van der Waals surface area contributed by atoms with E-state index in [0.717, 1.165) is 43.0 Å². The Bertz CT molecular complexity index is 965. The van der Waals surface area contributed by atoms with Crippen LogP contribution in [-0.4, -0.2) is 40.3 Å². The van der Waals surface area contributed by atoms with Crippen molar-refractivity contribution >= 4 is 5.91 Å². The Hall–Kier alpha value is -2.40. The number of aryl methyl sites for hydroxylation is 2. The summed E-state index contributed by atoms with van der Waals surface area (Å²) in [6, 6.07) is 8.57. The Morgan fingerprint density at radius 2 is 1.86 bits per heavy atom. The van der Waals surface area contributed by atoms with E-state index < -0.39 is 0 Å². The standard InChI is InChI=1S/C23H29N3O2/c1-14-7-5-6-8-19(14)22-20-12-25(10-18(20)11-26(22)17(4)27)13-21-16(3)23(28)15(2)9-24-21/h5-9,18,20,22H,10-13H2,1-4H3,(H,24,28)/t18-,20-,22-/m1/s1. The Balaban J connectivity index is 1.58. The highest BCUT2D eigenvalue weighted by Gasteiger charge is 2.48. The topological polar surface area (TPSA) is 56.4 Å². The molecule has 2 aliphatic heterocycles. The van der Waals surface area contributed by atoms with E-state index in [1.54, 1.807) is 6.92 Å². The monoisotopic (exact) mass is 379 g/mol. The third kappa shape index (κ3) is 3.18. The van der Waals surface area contributed by atoms with E-state index in [4.69, 9.17) is 0 Å². The normalized spacial score (nSPS) is 24.6. The largest absolute Gasteiger partial charge is 0.363 e. The molecule has 0 unspecified atom stereocenters. The van der Waals surface area contributed by atoms with Crippen molar-refractivity contribution in [1.29, 1.82) is 0 Å². The smallest absolute Gasteiger partial charge is 0.219 e. The Kier molecular flexibility index (Phi) is 4.88.